The number of nitriles is 1. The van der Waals surface area contributed by atoms with E-state index in [-0.39, 0.29) is 17.4 Å². The van der Waals surface area contributed by atoms with Crippen LogP contribution in [0.5, 0.6) is 0 Å². The Bertz CT molecular complexity index is 619. The number of rotatable bonds is 4. The van der Waals surface area contributed by atoms with Crippen LogP contribution in [0.3, 0.4) is 0 Å². The van der Waals surface area contributed by atoms with Crippen molar-refractivity contribution in [2.45, 2.75) is 25.4 Å². The van der Waals surface area contributed by atoms with Gasteiger partial charge >= 0.3 is 0 Å². The molecule has 0 saturated carbocycles. The third-order valence-electron chi connectivity index (χ3n) is 3.04. The number of hydrogen-bond acceptors (Lipinski definition) is 4. The zero-order valence-electron chi connectivity index (χ0n) is 10.8. The van der Waals surface area contributed by atoms with Crippen molar-refractivity contribution >= 4 is 27.3 Å². The molecule has 20 heavy (non-hydrogen) atoms. The smallest absolute Gasteiger partial charge is 0.235 e. The lowest BCUT2D eigenvalue weighted by molar-refractivity contribution is 0.0306. The SMILES string of the molecule is N#Cc1cc(NS(=O)(=O)C[C@H]2CCCCO2)ccc1Cl. The topological polar surface area (TPSA) is 79.2 Å². The number of anilines is 1. The molecule has 0 bridgehead atoms. The standard InChI is InChI=1S/C13H15ClN2O3S/c14-13-5-4-11(7-10(13)8-15)16-20(17,18)9-12-3-1-2-6-19-12/h4-5,7,12,16H,1-3,6,9H2/t12-/m1/s1. The molecule has 1 fully saturated rings. The molecule has 7 heteroatoms. The van der Waals surface area contributed by atoms with E-state index in [1.54, 1.807) is 0 Å². The van der Waals surface area contributed by atoms with E-state index in [0.717, 1.165) is 19.3 Å². The van der Waals surface area contributed by atoms with Gasteiger partial charge in [-0.3, -0.25) is 4.72 Å². The summed E-state index contributed by atoms with van der Waals surface area (Å²) in [6.45, 7) is 0.611. The second-order valence-corrected chi connectivity index (χ2v) is 6.85. The summed E-state index contributed by atoms with van der Waals surface area (Å²) in [6, 6.07) is 6.35. The van der Waals surface area contributed by atoms with Crippen LogP contribution in [0.4, 0.5) is 5.69 Å². The molecule has 0 spiro atoms. The van der Waals surface area contributed by atoms with Crippen molar-refractivity contribution in [2.24, 2.45) is 0 Å². The van der Waals surface area contributed by atoms with E-state index in [2.05, 4.69) is 4.72 Å². The number of halogens is 1. The summed E-state index contributed by atoms with van der Waals surface area (Å²) < 4.78 is 32.0. The van der Waals surface area contributed by atoms with Gasteiger partial charge in [-0.2, -0.15) is 5.26 Å². The van der Waals surface area contributed by atoms with E-state index in [1.807, 2.05) is 6.07 Å². The quantitative estimate of drug-likeness (QED) is 0.926. The monoisotopic (exact) mass is 314 g/mol. The molecular weight excluding hydrogens is 300 g/mol. The first-order valence-corrected chi connectivity index (χ1v) is 8.35. The third kappa shape index (κ3) is 4.10. The molecule has 1 N–H and O–H groups in total. The summed E-state index contributed by atoms with van der Waals surface area (Å²) in [5.74, 6) is -0.0719. The minimum Gasteiger partial charge on any atom is -0.377 e. The van der Waals surface area contributed by atoms with Gasteiger partial charge in [0.05, 0.1) is 22.4 Å². The molecule has 1 heterocycles. The van der Waals surface area contributed by atoms with Crippen LogP contribution in [0.2, 0.25) is 5.02 Å². The molecule has 0 amide bonds. The lowest BCUT2D eigenvalue weighted by atomic mass is 10.1. The highest BCUT2D eigenvalue weighted by molar-refractivity contribution is 7.92. The largest absolute Gasteiger partial charge is 0.377 e. The van der Waals surface area contributed by atoms with Crippen molar-refractivity contribution < 1.29 is 13.2 Å². The lowest BCUT2D eigenvalue weighted by Gasteiger charge is -2.22. The number of sulfonamides is 1. The van der Waals surface area contributed by atoms with Crippen LogP contribution < -0.4 is 4.72 Å². The van der Waals surface area contributed by atoms with Crippen molar-refractivity contribution in [1.29, 1.82) is 5.26 Å². The Kier molecular flexibility index (Phi) is 4.86. The molecule has 0 unspecified atom stereocenters. The Hall–Kier alpha value is -1.29. The summed E-state index contributed by atoms with van der Waals surface area (Å²) in [4.78, 5) is 0. The van der Waals surface area contributed by atoms with Crippen LogP contribution in [0.25, 0.3) is 0 Å². The Morgan fingerprint density at radius 3 is 2.90 bits per heavy atom. The van der Waals surface area contributed by atoms with Crippen LogP contribution in [-0.4, -0.2) is 26.9 Å². The lowest BCUT2D eigenvalue weighted by Crippen LogP contribution is -2.30. The predicted molar refractivity (Wildman–Crippen MR) is 77.2 cm³/mol. The maximum atomic E-state index is 12.0. The summed E-state index contributed by atoms with van der Waals surface area (Å²) in [5, 5.41) is 9.17. The van der Waals surface area contributed by atoms with E-state index in [9.17, 15) is 8.42 Å². The first kappa shape index (κ1) is 15.1. The molecule has 5 nitrogen and oxygen atoms in total. The van der Waals surface area contributed by atoms with Gasteiger partial charge in [-0.15, -0.1) is 0 Å². The van der Waals surface area contributed by atoms with Gasteiger partial charge in [0, 0.05) is 12.3 Å². The predicted octanol–water partition coefficient (Wildman–Crippen LogP) is 2.52. The normalized spacial score (nSPS) is 19.3. The zero-order valence-corrected chi connectivity index (χ0v) is 12.4. The van der Waals surface area contributed by atoms with Crippen LogP contribution in [0.15, 0.2) is 18.2 Å². The van der Waals surface area contributed by atoms with Crippen LogP contribution in [-0.2, 0) is 14.8 Å². The van der Waals surface area contributed by atoms with E-state index < -0.39 is 10.0 Å². The fourth-order valence-corrected chi connectivity index (χ4v) is 3.56. The van der Waals surface area contributed by atoms with Gasteiger partial charge in [0.1, 0.15) is 6.07 Å². The minimum absolute atomic E-state index is 0.0719. The van der Waals surface area contributed by atoms with Crippen molar-refractivity contribution in [3.63, 3.8) is 0 Å². The average molecular weight is 315 g/mol. The fourth-order valence-electron chi connectivity index (χ4n) is 2.08. The van der Waals surface area contributed by atoms with Gasteiger partial charge in [-0.1, -0.05) is 11.6 Å². The molecule has 108 valence electrons. The molecule has 1 aliphatic rings. The van der Waals surface area contributed by atoms with Gasteiger partial charge in [0.2, 0.25) is 10.0 Å². The summed E-state index contributed by atoms with van der Waals surface area (Å²) in [6.07, 6.45) is 2.46. The van der Waals surface area contributed by atoms with E-state index >= 15 is 0 Å². The Labute approximate surface area is 123 Å². The molecule has 1 aromatic carbocycles. The Balaban J connectivity index is 2.06. The van der Waals surface area contributed by atoms with Gasteiger partial charge in [-0.25, -0.2) is 8.42 Å². The Morgan fingerprint density at radius 2 is 2.25 bits per heavy atom. The molecule has 1 atom stereocenters. The van der Waals surface area contributed by atoms with Gasteiger partial charge in [0.15, 0.2) is 0 Å². The summed E-state index contributed by atoms with van der Waals surface area (Å²) >= 11 is 5.80. The maximum Gasteiger partial charge on any atom is 0.235 e. The van der Waals surface area contributed by atoms with Crippen LogP contribution in [0, 0.1) is 11.3 Å². The molecule has 2 rings (SSSR count). The number of ether oxygens (including phenoxy) is 1. The molecule has 1 aliphatic heterocycles. The highest BCUT2D eigenvalue weighted by atomic mass is 35.5. The van der Waals surface area contributed by atoms with Crippen molar-refractivity contribution in [3.8, 4) is 6.07 Å². The van der Waals surface area contributed by atoms with Crippen molar-refractivity contribution in [2.75, 3.05) is 17.1 Å². The maximum absolute atomic E-state index is 12.0. The van der Waals surface area contributed by atoms with Gasteiger partial charge in [0.25, 0.3) is 0 Å². The summed E-state index contributed by atoms with van der Waals surface area (Å²) in [5.41, 5.74) is 0.572. The summed E-state index contributed by atoms with van der Waals surface area (Å²) in [7, 11) is -3.50. The van der Waals surface area contributed by atoms with Crippen LogP contribution in [0.1, 0.15) is 24.8 Å². The number of nitrogens with zero attached hydrogens (tertiary/aromatic N) is 1. The molecule has 0 aromatic heterocycles. The highest BCUT2D eigenvalue weighted by Gasteiger charge is 2.22. The average Bonchev–Trinajstić information content (AvgIpc) is 2.41. The molecule has 1 aromatic rings. The molecular formula is C13H15ClN2O3S. The first-order valence-electron chi connectivity index (χ1n) is 6.32. The fraction of sp³-hybridized carbons (Fsp3) is 0.462. The first-order chi connectivity index (χ1) is 9.50. The van der Waals surface area contributed by atoms with Crippen molar-refractivity contribution in [3.05, 3.63) is 28.8 Å². The van der Waals surface area contributed by atoms with Crippen LogP contribution >= 0.6 is 11.6 Å². The number of benzene rings is 1. The number of hydrogen-bond donors (Lipinski definition) is 1. The minimum atomic E-state index is -3.50. The van der Waals surface area contributed by atoms with E-state index in [0.29, 0.717) is 17.3 Å². The number of nitrogens with one attached hydrogen (secondary N) is 1. The second kappa shape index (κ2) is 6.44. The molecule has 0 aliphatic carbocycles. The molecule has 1 saturated heterocycles. The van der Waals surface area contributed by atoms with Crippen molar-refractivity contribution in [1.82, 2.24) is 0 Å². The third-order valence-corrected chi connectivity index (χ3v) is 4.73. The molecule has 0 radical (unpaired) electrons. The highest BCUT2D eigenvalue weighted by Crippen LogP contribution is 2.21. The van der Waals surface area contributed by atoms with E-state index in [1.165, 1.54) is 18.2 Å². The van der Waals surface area contributed by atoms with Gasteiger partial charge in [-0.05, 0) is 37.5 Å². The van der Waals surface area contributed by atoms with Gasteiger partial charge < -0.3 is 4.74 Å². The zero-order chi connectivity index (χ0) is 14.6. The Morgan fingerprint density at radius 1 is 1.45 bits per heavy atom. The second-order valence-electron chi connectivity index (χ2n) is 4.68. The van der Waals surface area contributed by atoms with E-state index in [4.69, 9.17) is 21.6 Å².